The summed E-state index contributed by atoms with van der Waals surface area (Å²) in [4.78, 5) is 20.1. The molecule has 4 rings (SSSR count). The summed E-state index contributed by atoms with van der Waals surface area (Å²) in [5, 5.41) is 5.36. The van der Waals surface area contributed by atoms with Crippen LogP contribution in [0.25, 0.3) is 5.69 Å². The summed E-state index contributed by atoms with van der Waals surface area (Å²) >= 11 is 6.17. The second kappa shape index (κ2) is 10.8. The molecule has 8 heteroatoms. The van der Waals surface area contributed by atoms with Crippen LogP contribution in [-0.4, -0.2) is 64.3 Å². The van der Waals surface area contributed by atoms with Gasteiger partial charge in [-0.3, -0.25) is 4.79 Å². The molecule has 0 atom stereocenters. The highest BCUT2D eigenvalue weighted by Gasteiger charge is 2.29. The Balaban J connectivity index is 1.76. The Morgan fingerprint density at radius 2 is 1.83 bits per heavy atom. The first-order valence-electron chi connectivity index (χ1n) is 12.2. The molecule has 1 aromatic heterocycles. The summed E-state index contributed by atoms with van der Waals surface area (Å²) in [5.74, 6) is 0.537. The molecule has 1 aliphatic rings. The Labute approximate surface area is 211 Å². The number of hydrogen-bond donors (Lipinski definition) is 0. The van der Waals surface area contributed by atoms with Gasteiger partial charge in [-0.15, -0.1) is 0 Å². The summed E-state index contributed by atoms with van der Waals surface area (Å²) < 4.78 is 16.0. The van der Waals surface area contributed by atoms with Crippen LogP contribution < -0.4 is 4.90 Å². The molecule has 0 saturated carbocycles. The van der Waals surface area contributed by atoms with E-state index in [1.165, 1.54) is 12.1 Å². The first kappa shape index (κ1) is 25.2. The van der Waals surface area contributed by atoms with E-state index < -0.39 is 0 Å². The molecule has 0 radical (unpaired) electrons. The van der Waals surface area contributed by atoms with Crippen molar-refractivity contribution in [3.63, 3.8) is 0 Å². The quantitative estimate of drug-likeness (QED) is 0.452. The normalized spacial score (nSPS) is 14.5. The minimum atomic E-state index is -0.307. The molecule has 186 valence electrons. The highest BCUT2D eigenvalue weighted by Crippen LogP contribution is 2.31. The number of piperazine rings is 1. The number of halogens is 2. The SMILES string of the molecule is CCN1CCN(c2c(CN(C(=O)c3cccc(Cl)c3)C(C)C)c(C)nn2-c2cccc(F)c2)CC1. The zero-order valence-electron chi connectivity index (χ0n) is 20.8. The molecule has 0 spiro atoms. The van der Waals surface area contributed by atoms with E-state index >= 15 is 0 Å². The predicted molar refractivity (Wildman–Crippen MR) is 139 cm³/mol. The van der Waals surface area contributed by atoms with Gasteiger partial charge >= 0.3 is 0 Å². The van der Waals surface area contributed by atoms with E-state index in [-0.39, 0.29) is 17.8 Å². The highest BCUT2D eigenvalue weighted by atomic mass is 35.5. The lowest BCUT2D eigenvalue weighted by atomic mass is 10.1. The Kier molecular flexibility index (Phi) is 7.77. The summed E-state index contributed by atoms with van der Waals surface area (Å²) in [6, 6.07) is 13.5. The van der Waals surface area contributed by atoms with Crippen molar-refractivity contribution in [2.75, 3.05) is 37.6 Å². The summed E-state index contributed by atoms with van der Waals surface area (Å²) in [7, 11) is 0. The van der Waals surface area contributed by atoms with Crippen LogP contribution in [0, 0.1) is 12.7 Å². The van der Waals surface area contributed by atoms with Crippen molar-refractivity contribution in [1.82, 2.24) is 19.6 Å². The van der Waals surface area contributed by atoms with Crippen LogP contribution in [0.3, 0.4) is 0 Å². The first-order valence-corrected chi connectivity index (χ1v) is 12.5. The topological polar surface area (TPSA) is 44.6 Å². The molecule has 0 N–H and O–H groups in total. The minimum Gasteiger partial charge on any atom is -0.354 e. The molecule has 35 heavy (non-hydrogen) atoms. The number of anilines is 1. The molecule has 0 bridgehead atoms. The molecule has 2 aromatic carbocycles. The van der Waals surface area contributed by atoms with E-state index in [4.69, 9.17) is 16.7 Å². The number of likely N-dealkylation sites (N-methyl/N-ethyl adjacent to an activating group) is 1. The molecule has 6 nitrogen and oxygen atoms in total. The molecule has 3 aromatic rings. The third-order valence-electron chi connectivity index (χ3n) is 6.61. The third-order valence-corrected chi connectivity index (χ3v) is 6.85. The largest absolute Gasteiger partial charge is 0.354 e. The number of hydrogen-bond acceptors (Lipinski definition) is 4. The molecule has 1 aliphatic heterocycles. The molecule has 0 aliphatic carbocycles. The fourth-order valence-corrected chi connectivity index (χ4v) is 4.76. The number of carbonyl (C=O) groups excluding carboxylic acids is 1. The van der Waals surface area contributed by atoms with Gasteiger partial charge in [0.05, 0.1) is 17.9 Å². The fourth-order valence-electron chi connectivity index (χ4n) is 4.57. The number of carbonyl (C=O) groups is 1. The van der Waals surface area contributed by atoms with Crippen LogP contribution in [0.4, 0.5) is 10.2 Å². The Hall–Kier alpha value is -2.90. The van der Waals surface area contributed by atoms with Gasteiger partial charge in [0.25, 0.3) is 5.91 Å². The number of aryl methyl sites for hydroxylation is 1. The molecule has 1 amide bonds. The van der Waals surface area contributed by atoms with Crippen LogP contribution in [0.2, 0.25) is 5.02 Å². The van der Waals surface area contributed by atoms with Gasteiger partial charge in [-0.1, -0.05) is 30.7 Å². The molecular weight excluding hydrogens is 465 g/mol. The van der Waals surface area contributed by atoms with Gasteiger partial charge in [-0.05, 0) is 63.7 Å². The summed E-state index contributed by atoms with van der Waals surface area (Å²) in [6.07, 6.45) is 0. The smallest absolute Gasteiger partial charge is 0.254 e. The van der Waals surface area contributed by atoms with Crippen molar-refractivity contribution in [1.29, 1.82) is 0 Å². The maximum absolute atomic E-state index is 14.1. The van der Waals surface area contributed by atoms with Crippen molar-refractivity contribution in [3.8, 4) is 5.69 Å². The lowest BCUT2D eigenvalue weighted by molar-refractivity contribution is 0.0690. The van der Waals surface area contributed by atoms with Gasteiger partial charge in [0.15, 0.2) is 0 Å². The van der Waals surface area contributed by atoms with Gasteiger partial charge in [-0.2, -0.15) is 5.10 Å². The maximum Gasteiger partial charge on any atom is 0.254 e. The standard InChI is InChI=1S/C27H33ClFN5O/c1-5-31-12-14-32(15-13-31)26-25(20(4)30-34(26)24-11-7-10-23(29)17-24)18-33(19(2)3)27(35)21-8-6-9-22(28)16-21/h6-11,16-17,19H,5,12-15,18H2,1-4H3. The average molecular weight is 498 g/mol. The van der Waals surface area contributed by atoms with E-state index in [1.807, 2.05) is 36.4 Å². The third kappa shape index (κ3) is 5.52. The van der Waals surface area contributed by atoms with E-state index in [2.05, 4.69) is 16.7 Å². The van der Waals surface area contributed by atoms with Crippen LogP contribution >= 0.6 is 11.6 Å². The average Bonchev–Trinajstić information content (AvgIpc) is 3.17. The zero-order valence-corrected chi connectivity index (χ0v) is 21.6. The van der Waals surface area contributed by atoms with Crippen molar-refractivity contribution in [2.24, 2.45) is 0 Å². The van der Waals surface area contributed by atoms with Crippen molar-refractivity contribution in [2.45, 2.75) is 40.3 Å². The Morgan fingerprint density at radius 1 is 1.11 bits per heavy atom. The van der Waals surface area contributed by atoms with Crippen LogP contribution in [0.5, 0.6) is 0 Å². The van der Waals surface area contributed by atoms with Crippen molar-refractivity contribution >= 4 is 23.3 Å². The highest BCUT2D eigenvalue weighted by molar-refractivity contribution is 6.30. The monoisotopic (exact) mass is 497 g/mol. The number of amides is 1. The van der Waals surface area contributed by atoms with Gasteiger partial charge < -0.3 is 14.7 Å². The number of benzene rings is 2. The van der Waals surface area contributed by atoms with Crippen molar-refractivity contribution in [3.05, 3.63) is 76.2 Å². The van der Waals surface area contributed by atoms with Gasteiger partial charge in [-0.25, -0.2) is 9.07 Å². The lowest BCUT2D eigenvalue weighted by Crippen LogP contribution is -2.47. The van der Waals surface area contributed by atoms with Crippen molar-refractivity contribution < 1.29 is 9.18 Å². The Bertz CT molecular complexity index is 1190. The van der Waals surface area contributed by atoms with Gasteiger partial charge in [0.1, 0.15) is 11.6 Å². The number of aromatic nitrogens is 2. The summed E-state index contributed by atoms with van der Waals surface area (Å²) in [5.41, 5.74) is 3.03. The number of nitrogens with zero attached hydrogens (tertiary/aromatic N) is 5. The molecule has 0 unspecified atom stereocenters. The minimum absolute atomic E-state index is 0.0387. The van der Waals surface area contributed by atoms with E-state index in [0.29, 0.717) is 22.8 Å². The second-order valence-electron chi connectivity index (χ2n) is 9.24. The number of rotatable bonds is 7. The maximum atomic E-state index is 14.1. The van der Waals surface area contributed by atoms with Crippen LogP contribution in [0.1, 0.15) is 42.4 Å². The Morgan fingerprint density at radius 3 is 2.46 bits per heavy atom. The molecule has 2 heterocycles. The van der Waals surface area contributed by atoms with E-state index in [0.717, 1.165) is 49.8 Å². The second-order valence-corrected chi connectivity index (χ2v) is 9.67. The zero-order chi connectivity index (χ0) is 25.1. The van der Waals surface area contributed by atoms with Crippen LogP contribution in [-0.2, 0) is 6.54 Å². The van der Waals surface area contributed by atoms with Gasteiger partial charge in [0, 0.05) is 48.4 Å². The van der Waals surface area contributed by atoms with E-state index in [9.17, 15) is 9.18 Å². The van der Waals surface area contributed by atoms with E-state index in [1.54, 1.807) is 30.3 Å². The predicted octanol–water partition coefficient (Wildman–Crippen LogP) is 5.17. The lowest BCUT2D eigenvalue weighted by Gasteiger charge is -2.36. The first-order chi connectivity index (χ1) is 16.8. The van der Waals surface area contributed by atoms with Gasteiger partial charge in [0.2, 0.25) is 0 Å². The summed E-state index contributed by atoms with van der Waals surface area (Å²) in [6.45, 7) is 13.1. The molecular formula is C27H33ClFN5O. The van der Waals surface area contributed by atoms with Crippen LogP contribution in [0.15, 0.2) is 48.5 Å². The molecule has 1 saturated heterocycles. The fraction of sp³-hybridized carbons (Fsp3) is 0.407. The molecule has 1 fully saturated rings.